The van der Waals surface area contributed by atoms with E-state index in [1.807, 2.05) is 30.3 Å². The molecular formula is C19H20ClNO3. The number of hydrogen-bond acceptors (Lipinski definition) is 3. The van der Waals surface area contributed by atoms with Crippen molar-refractivity contribution < 1.29 is 14.3 Å². The summed E-state index contributed by atoms with van der Waals surface area (Å²) in [6, 6.07) is 13.7. The van der Waals surface area contributed by atoms with Gasteiger partial charge >= 0.3 is 0 Å². The van der Waals surface area contributed by atoms with Crippen LogP contribution in [0.15, 0.2) is 42.5 Å². The van der Waals surface area contributed by atoms with Gasteiger partial charge in [-0.25, -0.2) is 0 Å². The van der Waals surface area contributed by atoms with Gasteiger partial charge in [-0.1, -0.05) is 38.1 Å². The number of fused-ring (bicyclic) bond motifs is 1. The van der Waals surface area contributed by atoms with Crippen molar-refractivity contribution in [2.75, 3.05) is 17.6 Å². The highest BCUT2D eigenvalue weighted by molar-refractivity contribution is 6.29. The molecule has 4 nitrogen and oxygen atoms in total. The molecule has 126 valence electrons. The standard InChI is InChI=1S/C19H20ClNO3/c1-13(2)16-6-4-3-5-14(16)11-21(19(22)10-20)15-7-8-17-18(9-15)24-12-23-17/h3-9,13H,10-12H2,1-2H3. The molecule has 1 heterocycles. The van der Waals surface area contributed by atoms with E-state index in [-0.39, 0.29) is 18.6 Å². The van der Waals surface area contributed by atoms with Crippen molar-refractivity contribution in [3.05, 3.63) is 53.6 Å². The number of anilines is 1. The van der Waals surface area contributed by atoms with Gasteiger partial charge in [0, 0.05) is 11.8 Å². The second-order valence-corrected chi connectivity index (χ2v) is 6.27. The summed E-state index contributed by atoms with van der Waals surface area (Å²) in [6.07, 6.45) is 0. The summed E-state index contributed by atoms with van der Waals surface area (Å²) >= 11 is 5.84. The summed E-state index contributed by atoms with van der Waals surface area (Å²) in [5, 5.41) is 0. The zero-order chi connectivity index (χ0) is 17.1. The van der Waals surface area contributed by atoms with Crippen LogP contribution in [-0.4, -0.2) is 18.6 Å². The Balaban J connectivity index is 1.95. The Kier molecular flexibility index (Phi) is 4.95. The number of ether oxygens (including phenoxy) is 2. The van der Waals surface area contributed by atoms with Crippen LogP contribution in [0.3, 0.4) is 0 Å². The zero-order valence-corrected chi connectivity index (χ0v) is 14.5. The number of nitrogens with zero attached hydrogens (tertiary/aromatic N) is 1. The van der Waals surface area contributed by atoms with Crippen LogP contribution in [0.1, 0.15) is 30.9 Å². The molecule has 0 bridgehead atoms. The average molecular weight is 346 g/mol. The monoisotopic (exact) mass is 345 g/mol. The first-order chi connectivity index (χ1) is 11.6. The Morgan fingerprint density at radius 1 is 1.17 bits per heavy atom. The SMILES string of the molecule is CC(C)c1ccccc1CN(C(=O)CCl)c1ccc2c(c1)OCO2. The molecule has 5 heteroatoms. The van der Waals surface area contributed by atoms with Gasteiger partial charge in [-0.05, 0) is 29.2 Å². The molecule has 2 aromatic carbocycles. The third-order valence-electron chi connectivity index (χ3n) is 4.09. The minimum absolute atomic E-state index is 0.0711. The zero-order valence-electron chi connectivity index (χ0n) is 13.8. The number of alkyl halides is 1. The number of benzene rings is 2. The van der Waals surface area contributed by atoms with Crippen LogP contribution in [-0.2, 0) is 11.3 Å². The first-order valence-corrected chi connectivity index (χ1v) is 8.47. The van der Waals surface area contributed by atoms with Gasteiger partial charge < -0.3 is 14.4 Å². The predicted octanol–water partition coefficient (Wildman–Crippen LogP) is 4.31. The average Bonchev–Trinajstić information content (AvgIpc) is 3.06. The third-order valence-corrected chi connectivity index (χ3v) is 4.32. The fourth-order valence-electron chi connectivity index (χ4n) is 2.86. The molecule has 0 aliphatic carbocycles. The molecule has 1 amide bonds. The number of rotatable bonds is 5. The Labute approximate surface area is 146 Å². The second kappa shape index (κ2) is 7.14. The highest BCUT2D eigenvalue weighted by Crippen LogP contribution is 2.36. The van der Waals surface area contributed by atoms with Crippen molar-refractivity contribution in [1.82, 2.24) is 0 Å². The van der Waals surface area contributed by atoms with Crippen molar-refractivity contribution in [1.29, 1.82) is 0 Å². The Morgan fingerprint density at radius 2 is 1.92 bits per heavy atom. The highest BCUT2D eigenvalue weighted by atomic mass is 35.5. The normalized spacial score (nSPS) is 12.5. The number of carbonyl (C=O) groups excluding carboxylic acids is 1. The van der Waals surface area contributed by atoms with E-state index >= 15 is 0 Å². The minimum Gasteiger partial charge on any atom is -0.454 e. The van der Waals surface area contributed by atoms with Crippen LogP contribution < -0.4 is 14.4 Å². The molecule has 0 atom stereocenters. The lowest BCUT2D eigenvalue weighted by atomic mass is 9.97. The number of hydrogen-bond donors (Lipinski definition) is 0. The number of amides is 1. The molecule has 0 radical (unpaired) electrons. The van der Waals surface area contributed by atoms with E-state index < -0.39 is 0 Å². The number of carbonyl (C=O) groups is 1. The molecule has 3 rings (SSSR count). The van der Waals surface area contributed by atoms with Crippen LogP contribution >= 0.6 is 11.6 Å². The summed E-state index contributed by atoms with van der Waals surface area (Å²) in [5.74, 6) is 1.51. The lowest BCUT2D eigenvalue weighted by Gasteiger charge is -2.24. The van der Waals surface area contributed by atoms with Gasteiger partial charge in [0.2, 0.25) is 12.7 Å². The molecule has 24 heavy (non-hydrogen) atoms. The van der Waals surface area contributed by atoms with E-state index in [9.17, 15) is 4.79 Å². The van der Waals surface area contributed by atoms with E-state index in [1.54, 1.807) is 4.90 Å². The molecule has 1 aliphatic heterocycles. The lowest BCUT2D eigenvalue weighted by Crippen LogP contribution is -2.31. The molecule has 0 fully saturated rings. The Bertz CT molecular complexity index is 745. The quantitative estimate of drug-likeness (QED) is 0.758. The van der Waals surface area contributed by atoms with Gasteiger partial charge in [0.1, 0.15) is 5.88 Å². The van der Waals surface area contributed by atoms with Gasteiger partial charge in [0.05, 0.1) is 6.54 Å². The van der Waals surface area contributed by atoms with Crippen LogP contribution in [0, 0.1) is 0 Å². The van der Waals surface area contributed by atoms with E-state index in [0.717, 1.165) is 11.3 Å². The minimum atomic E-state index is -0.144. The van der Waals surface area contributed by atoms with E-state index in [1.165, 1.54) is 5.56 Å². The fraction of sp³-hybridized carbons (Fsp3) is 0.316. The van der Waals surface area contributed by atoms with Gasteiger partial charge in [-0.2, -0.15) is 0 Å². The maximum atomic E-state index is 12.4. The van der Waals surface area contributed by atoms with Crippen molar-refractivity contribution in [2.45, 2.75) is 26.3 Å². The highest BCUT2D eigenvalue weighted by Gasteiger charge is 2.21. The molecule has 2 aromatic rings. The van der Waals surface area contributed by atoms with Crippen LogP contribution in [0.2, 0.25) is 0 Å². The third kappa shape index (κ3) is 3.34. The first kappa shape index (κ1) is 16.7. The van der Waals surface area contributed by atoms with Gasteiger partial charge in [-0.3, -0.25) is 4.79 Å². The van der Waals surface area contributed by atoms with Crippen molar-refractivity contribution >= 4 is 23.2 Å². The van der Waals surface area contributed by atoms with E-state index in [4.69, 9.17) is 21.1 Å². The summed E-state index contributed by atoms with van der Waals surface area (Å²) in [7, 11) is 0. The van der Waals surface area contributed by atoms with Crippen molar-refractivity contribution in [2.24, 2.45) is 0 Å². The molecule has 0 saturated heterocycles. The van der Waals surface area contributed by atoms with Gasteiger partial charge in [-0.15, -0.1) is 11.6 Å². The molecule has 0 spiro atoms. The topological polar surface area (TPSA) is 38.8 Å². The van der Waals surface area contributed by atoms with E-state index in [2.05, 4.69) is 26.0 Å². The van der Waals surface area contributed by atoms with Gasteiger partial charge in [0.15, 0.2) is 11.5 Å². The number of halogens is 1. The van der Waals surface area contributed by atoms with Crippen molar-refractivity contribution in [3.8, 4) is 11.5 Å². The maximum absolute atomic E-state index is 12.4. The molecule has 0 N–H and O–H groups in total. The predicted molar refractivity (Wildman–Crippen MR) is 95.0 cm³/mol. The van der Waals surface area contributed by atoms with Crippen LogP contribution in [0.4, 0.5) is 5.69 Å². The summed E-state index contributed by atoms with van der Waals surface area (Å²) < 4.78 is 10.8. The largest absolute Gasteiger partial charge is 0.454 e. The summed E-state index contributed by atoms with van der Waals surface area (Å²) in [6.45, 7) is 4.97. The maximum Gasteiger partial charge on any atom is 0.242 e. The Morgan fingerprint density at radius 3 is 2.67 bits per heavy atom. The lowest BCUT2D eigenvalue weighted by molar-refractivity contribution is -0.116. The smallest absolute Gasteiger partial charge is 0.242 e. The molecule has 0 aromatic heterocycles. The molecule has 1 aliphatic rings. The van der Waals surface area contributed by atoms with Crippen LogP contribution in [0.5, 0.6) is 11.5 Å². The summed E-state index contributed by atoms with van der Waals surface area (Å²) in [4.78, 5) is 14.1. The fourth-order valence-corrected chi connectivity index (χ4v) is 3.00. The molecule has 0 unspecified atom stereocenters. The van der Waals surface area contributed by atoms with E-state index in [0.29, 0.717) is 24.0 Å². The van der Waals surface area contributed by atoms with Gasteiger partial charge in [0.25, 0.3) is 0 Å². The van der Waals surface area contributed by atoms with Crippen molar-refractivity contribution in [3.63, 3.8) is 0 Å². The second-order valence-electron chi connectivity index (χ2n) is 6.00. The first-order valence-electron chi connectivity index (χ1n) is 7.94. The summed E-state index contributed by atoms with van der Waals surface area (Å²) in [5.41, 5.74) is 3.10. The molecular weight excluding hydrogens is 326 g/mol. The van der Waals surface area contributed by atoms with Crippen LogP contribution in [0.25, 0.3) is 0 Å². The molecule has 0 saturated carbocycles. The Hall–Kier alpha value is -2.20.